The smallest absolute Gasteiger partial charge is 0.268 e. The summed E-state index contributed by atoms with van der Waals surface area (Å²) in [5.41, 5.74) is -5.40. The SMILES string of the molecule is [2H]C([2H])([2H])C(c1cc2c(c(C(C([2H])([2H])[2H])(C([2H])([2H])[2H])C([2H])([2H])[2H])c1)-[n+]1[c-]n(-c3[c-]c(Oc4[c-]c5c(cc4)c4ccccc4n5-c4cc(C(C)(C)C)ccn4)cc(C(C)(C)C)c3)c3cccc(c31)-c1ccccc1-c1ccccc1-2)(C([2H])([2H])[2H])C([2H])([2H])[2H].[Pt]. The molecule has 354 valence electrons. The van der Waals surface area contributed by atoms with Gasteiger partial charge in [-0.3, -0.25) is 4.57 Å². The largest absolute Gasteiger partial charge is 0.510 e. The van der Waals surface area contributed by atoms with E-state index < -0.39 is 74.2 Å². The van der Waals surface area contributed by atoms with E-state index >= 15 is 0 Å². The third-order valence-electron chi connectivity index (χ3n) is 13.1. The van der Waals surface area contributed by atoms with Crippen LogP contribution in [-0.2, 0) is 42.7 Å². The van der Waals surface area contributed by atoms with E-state index in [1.807, 2.05) is 79.9 Å². The fraction of sp³-hybridized carbons (Fsp3) is 0.250. The molecule has 6 heteroatoms. The van der Waals surface area contributed by atoms with E-state index in [1.165, 1.54) is 4.57 Å². The summed E-state index contributed by atoms with van der Waals surface area (Å²) in [7, 11) is 0. The van der Waals surface area contributed by atoms with Gasteiger partial charge in [0.05, 0.1) is 16.7 Å². The first-order valence-electron chi connectivity index (χ1n) is 31.8. The number of aromatic nitrogens is 4. The fourth-order valence-corrected chi connectivity index (χ4v) is 9.64. The fourth-order valence-electron chi connectivity index (χ4n) is 9.64. The van der Waals surface area contributed by atoms with Gasteiger partial charge in [0.25, 0.3) is 6.33 Å². The minimum Gasteiger partial charge on any atom is -0.510 e. The molecule has 10 aromatic rings. The molecule has 1 aliphatic heterocycles. The van der Waals surface area contributed by atoms with Crippen molar-refractivity contribution in [3.05, 3.63) is 186 Å². The van der Waals surface area contributed by atoms with Crippen LogP contribution in [0.3, 0.4) is 0 Å². The molecule has 0 aliphatic carbocycles. The van der Waals surface area contributed by atoms with Gasteiger partial charge in [0.15, 0.2) is 0 Å². The number of ether oxygens (including phenoxy) is 1. The van der Waals surface area contributed by atoms with Crippen molar-refractivity contribution in [2.45, 2.75) is 104 Å². The quantitative estimate of drug-likeness (QED) is 0.130. The van der Waals surface area contributed by atoms with Gasteiger partial charge in [-0.2, -0.15) is 17.7 Å². The molecular weight excluding hydrogens is 1040 g/mol. The van der Waals surface area contributed by atoms with Gasteiger partial charge in [0.1, 0.15) is 5.82 Å². The van der Waals surface area contributed by atoms with Crippen LogP contribution in [0, 0.1) is 18.5 Å². The summed E-state index contributed by atoms with van der Waals surface area (Å²) < 4.78 is 175. The van der Waals surface area contributed by atoms with Crippen LogP contribution in [0.5, 0.6) is 11.5 Å². The molecule has 4 heterocycles. The number of benzene rings is 7. The summed E-state index contributed by atoms with van der Waals surface area (Å²) in [4.78, 5) is 4.83. The van der Waals surface area contributed by atoms with E-state index in [4.69, 9.17) is 22.1 Å². The van der Waals surface area contributed by atoms with Crippen LogP contribution in [0.2, 0.25) is 0 Å². The van der Waals surface area contributed by atoms with E-state index in [0.29, 0.717) is 50.9 Å². The van der Waals surface area contributed by atoms with Crippen molar-refractivity contribution in [3.63, 3.8) is 0 Å². The topological polar surface area (TPSA) is 35.9 Å². The summed E-state index contributed by atoms with van der Waals surface area (Å²) in [6.45, 7) is -11.7. The molecule has 0 N–H and O–H groups in total. The van der Waals surface area contributed by atoms with Crippen LogP contribution in [0.25, 0.3) is 83.4 Å². The van der Waals surface area contributed by atoms with Crippen LogP contribution in [0.4, 0.5) is 0 Å². The van der Waals surface area contributed by atoms with Crippen molar-refractivity contribution in [3.8, 4) is 62.1 Å². The predicted molar refractivity (Wildman–Crippen MR) is 285 cm³/mol. The summed E-state index contributed by atoms with van der Waals surface area (Å²) in [6.07, 6.45) is 5.16. The number of nitrogens with zero attached hydrogens (tertiary/aromatic N) is 4. The van der Waals surface area contributed by atoms with Crippen LogP contribution < -0.4 is 9.30 Å². The van der Waals surface area contributed by atoms with Crippen LogP contribution in [0.1, 0.15) is 130 Å². The van der Waals surface area contributed by atoms with Gasteiger partial charge in [-0.15, -0.1) is 29.7 Å². The first-order valence-corrected chi connectivity index (χ1v) is 22.8. The Balaban J connectivity index is 0.00000855. The van der Waals surface area contributed by atoms with E-state index in [-0.39, 0.29) is 54.6 Å². The Morgan fingerprint density at radius 3 is 1.83 bits per heavy atom. The Bertz CT molecular complexity index is 4320. The summed E-state index contributed by atoms with van der Waals surface area (Å²) in [5, 5.41) is 1.86. The first-order chi connectivity index (χ1) is 40.2. The van der Waals surface area contributed by atoms with Crippen LogP contribution in [0.15, 0.2) is 146 Å². The first kappa shape index (κ1) is 30.2. The third kappa shape index (κ3) is 8.01. The second kappa shape index (κ2) is 16.8. The zero-order valence-electron chi connectivity index (χ0n) is 57.4. The van der Waals surface area contributed by atoms with E-state index in [0.717, 1.165) is 33.5 Å². The minimum absolute atomic E-state index is 0. The molecule has 0 amide bonds. The van der Waals surface area contributed by atoms with E-state index in [9.17, 15) is 12.3 Å². The second-order valence-electron chi connectivity index (χ2n) is 20.0. The van der Waals surface area contributed by atoms with E-state index in [1.54, 1.807) is 77.5 Å². The van der Waals surface area contributed by atoms with Gasteiger partial charge in [0, 0.05) is 69.0 Å². The number of para-hydroxylation sites is 2. The van der Waals surface area contributed by atoms with Crippen molar-refractivity contribution in [1.29, 1.82) is 0 Å². The van der Waals surface area contributed by atoms with Crippen molar-refractivity contribution in [2.24, 2.45) is 0 Å². The molecule has 0 fully saturated rings. The third-order valence-corrected chi connectivity index (χ3v) is 13.1. The zero-order valence-corrected chi connectivity index (χ0v) is 41.6. The van der Waals surface area contributed by atoms with Crippen molar-refractivity contribution in [2.75, 3.05) is 0 Å². The molecule has 11 rings (SSSR count). The van der Waals surface area contributed by atoms with Crippen LogP contribution in [-0.4, -0.2) is 14.1 Å². The van der Waals surface area contributed by atoms with Crippen molar-refractivity contribution >= 4 is 32.8 Å². The summed E-state index contributed by atoms with van der Waals surface area (Å²) in [5.74, 6) is 1.21. The summed E-state index contributed by atoms with van der Waals surface area (Å²) >= 11 is 0. The Labute approximate surface area is 453 Å². The molecule has 5 nitrogen and oxygen atoms in total. The number of hydrogen-bond acceptors (Lipinski definition) is 2. The van der Waals surface area contributed by atoms with E-state index in [2.05, 4.69) is 45.3 Å². The Morgan fingerprint density at radius 2 is 1.14 bits per heavy atom. The number of hydrogen-bond donors (Lipinski definition) is 0. The molecule has 3 aromatic heterocycles. The molecule has 7 aromatic carbocycles. The average Bonchev–Trinajstić information content (AvgIpc) is 0.866. The molecule has 0 unspecified atom stereocenters. The van der Waals surface area contributed by atoms with Gasteiger partial charge in [-0.1, -0.05) is 185 Å². The Morgan fingerprint density at radius 1 is 0.529 bits per heavy atom. The molecule has 0 atom stereocenters. The Hall–Kier alpha value is -6.55. The monoisotopic (exact) mass is 1110 g/mol. The standard InChI is InChI=1S/C64H60N4O.Pt/c1-61(2,3)40-30-31-65-58(36-40)68-55-26-18-17-24-50(55)51-29-28-44(38-57(51)68)69-45-33-41(62(4,5)6)32-43(37-45)66-39-67-59-53(34-42(63(7,8)9)35-54(59)64(10,11)12)49-23-16-14-21-47(49)46-20-13-15-22-48(46)52-25-19-27-56(66)60(52)67;/h13-36H,1-12H3;/q-2;/i7D3,8D3,9D3,10D3,11D3,12D3;. The van der Waals surface area contributed by atoms with Crippen molar-refractivity contribution < 1.29 is 55.0 Å². The van der Waals surface area contributed by atoms with Gasteiger partial charge in [-0.05, 0) is 101 Å². The molecule has 0 spiro atoms. The predicted octanol–water partition coefficient (Wildman–Crippen LogP) is 16.1. The Kier molecular flexibility index (Phi) is 7.26. The number of fused-ring (bicyclic) bond motifs is 10. The molecule has 0 saturated carbocycles. The van der Waals surface area contributed by atoms with Gasteiger partial charge < -0.3 is 13.9 Å². The number of imidazole rings is 1. The van der Waals surface area contributed by atoms with Gasteiger partial charge in [0.2, 0.25) is 0 Å². The molecule has 1 aliphatic rings. The average molecular weight is 1110 g/mol. The maximum Gasteiger partial charge on any atom is 0.268 e. The number of pyridine rings is 1. The van der Waals surface area contributed by atoms with Crippen molar-refractivity contribution in [1.82, 2.24) is 14.1 Å². The normalized spacial score (nSPS) is 17.6. The maximum absolute atomic E-state index is 9.21. The molecule has 70 heavy (non-hydrogen) atoms. The minimum atomic E-state index is -4.07. The van der Waals surface area contributed by atoms with Gasteiger partial charge >= 0.3 is 0 Å². The molecule has 0 radical (unpaired) electrons. The van der Waals surface area contributed by atoms with Crippen LogP contribution >= 0.6 is 0 Å². The second-order valence-corrected chi connectivity index (χ2v) is 20.0. The molecule has 0 bridgehead atoms. The maximum atomic E-state index is 9.21. The zero-order chi connectivity index (χ0) is 63.4. The summed E-state index contributed by atoms with van der Waals surface area (Å²) in [6, 6.07) is 47.0. The molecule has 0 saturated heterocycles. The molecular formula is C64H60N4OPt-2. The van der Waals surface area contributed by atoms with Gasteiger partial charge in [-0.25, -0.2) is 4.98 Å². The number of rotatable bonds is 4.